The van der Waals surface area contributed by atoms with Crippen molar-refractivity contribution in [1.82, 2.24) is 0 Å². The first-order valence-electron chi connectivity index (χ1n) is 10.0. The molecule has 0 saturated heterocycles. The molecule has 3 heteroatoms. The number of carbonyl (C=O) groups excluding carboxylic acids is 1. The monoisotopic (exact) mass is 366 g/mol. The standard InChI is InChI=1S/C24H30O3/c1-16(2)7-5-10-23(25)27-22-14-12-20-21(26-15-17(3)4)13-11-18-8-6-9-19(22)24(18)20/h6,8-9,11-14,16-17,22H,5,7,10,15H2,1-4H3. The number of carbonyl (C=O) groups is 1. The number of hydrogen-bond donors (Lipinski definition) is 0. The summed E-state index contributed by atoms with van der Waals surface area (Å²) in [7, 11) is 0. The van der Waals surface area contributed by atoms with Crippen molar-refractivity contribution in [1.29, 1.82) is 0 Å². The molecule has 1 unspecified atom stereocenters. The van der Waals surface area contributed by atoms with Crippen LogP contribution in [0.1, 0.15) is 64.2 Å². The Bertz CT molecular complexity index is 833. The third-order valence-corrected chi connectivity index (χ3v) is 4.82. The van der Waals surface area contributed by atoms with Crippen molar-refractivity contribution in [3.05, 3.63) is 47.5 Å². The van der Waals surface area contributed by atoms with E-state index >= 15 is 0 Å². The predicted octanol–water partition coefficient (Wildman–Crippen LogP) is 6.31. The van der Waals surface area contributed by atoms with E-state index in [0.29, 0.717) is 24.9 Å². The fourth-order valence-corrected chi connectivity index (χ4v) is 3.45. The van der Waals surface area contributed by atoms with Gasteiger partial charge < -0.3 is 9.47 Å². The lowest BCUT2D eigenvalue weighted by molar-refractivity contribution is -0.147. The van der Waals surface area contributed by atoms with Gasteiger partial charge in [0, 0.05) is 17.5 Å². The molecule has 2 aromatic rings. The molecule has 27 heavy (non-hydrogen) atoms. The molecule has 1 aliphatic rings. The lowest BCUT2D eigenvalue weighted by atomic mass is 9.90. The maximum absolute atomic E-state index is 12.3. The maximum Gasteiger partial charge on any atom is 0.306 e. The lowest BCUT2D eigenvalue weighted by Gasteiger charge is -2.23. The molecule has 1 aliphatic carbocycles. The minimum Gasteiger partial charge on any atom is -0.493 e. The number of hydrogen-bond acceptors (Lipinski definition) is 3. The number of esters is 1. The van der Waals surface area contributed by atoms with Gasteiger partial charge in [0.25, 0.3) is 0 Å². The first-order chi connectivity index (χ1) is 13.0. The number of benzene rings is 2. The highest BCUT2D eigenvalue weighted by molar-refractivity contribution is 5.97. The summed E-state index contributed by atoms with van der Waals surface area (Å²) in [5.74, 6) is 1.84. The van der Waals surface area contributed by atoms with Gasteiger partial charge in [-0.3, -0.25) is 4.79 Å². The van der Waals surface area contributed by atoms with Crippen LogP contribution in [0.3, 0.4) is 0 Å². The minimum absolute atomic E-state index is 0.127. The molecule has 2 aromatic carbocycles. The van der Waals surface area contributed by atoms with Crippen LogP contribution in [-0.4, -0.2) is 12.6 Å². The van der Waals surface area contributed by atoms with E-state index in [4.69, 9.17) is 9.47 Å². The molecule has 0 aromatic heterocycles. The van der Waals surface area contributed by atoms with Gasteiger partial charge >= 0.3 is 5.97 Å². The Morgan fingerprint density at radius 3 is 2.63 bits per heavy atom. The minimum atomic E-state index is -0.326. The van der Waals surface area contributed by atoms with E-state index in [-0.39, 0.29) is 12.1 Å². The first kappa shape index (κ1) is 19.5. The van der Waals surface area contributed by atoms with Gasteiger partial charge in [-0.1, -0.05) is 64.5 Å². The quantitative estimate of drug-likeness (QED) is 0.513. The fourth-order valence-electron chi connectivity index (χ4n) is 3.45. The topological polar surface area (TPSA) is 35.5 Å². The second kappa shape index (κ2) is 8.60. The van der Waals surface area contributed by atoms with Gasteiger partial charge in [0.05, 0.1) is 6.61 Å². The van der Waals surface area contributed by atoms with Crippen molar-refractivity contribution >= 4 is 22.8 Å². The molecule has 0 spiro atoms. The van der Waals surface area contributed by atoms with E-state index < -0.39 is 0 Å². The Balaban J connectivity index is 1.82. The highest BCUT2D eigenvalue weighted by Crippen LogP contribution is 2.40. The predicted molar refractivity (Wildman–Crippen MR) is 111 cm³/mol. The summed E-state index contributed by atoms with van der Waals surface area (Å²) in [6, 6.07) is 10.3. The zero-order valence-corrected chi connectivity index (χ0v) is 16.8. The van der Waals surface area contributed by atoms with Gasteiger partial charge in [0.1, 0.15) is 11.9 Å². The van der Waals surface area contributed by atoms with Crippen molar-refractivity contribution < 1.29 is 14.3 Å². The van der Waals surface area contributed by atoms with Crippen molar-refractivity contribution in [2.45, 2.75) is 53.1 Å². The van der Waals surface area contributed by atoms with Crippen LogP contribution in [0.25, 0.3) is 16.8 Å². The van der Waals surface area contributed by atoms with Crippen molar-refractivity contribution in [2.24, 2.45) is 11.8 Å². The number of rotatable bonds is 8. The van der Waals surface area contributed by atoms with Crippen LogP contribution in [0.5, 0.6) is 5.75 Å². The molecule has 144 valence electrons. The lowest BCUT2D eigenvalue weighted by Crippen LogP contribution is -2.13. The molecule has 3 nitrogen and oxygen atoms in total. The molecule has 0 radical (unpaired) electrons. The van der Waals surface area contributed by atoms with Gasteiger partial charge in [-0.25, -0.2) is 0 Å². The Kier molecular flexibility index (Phi) is 6.20. The van der Waals surface area contributed by atoms with Gasteiger partial charge in [-0.05, 0) is 41.2 Å². The third kappa shape index (κ3) is 4.71. The van der Waals surface area contributed by atoms with Crippen LogP contribution in [-0.2, 0) is 9.53 Å². The molecule has 0 saturated carbocycles. The Morgan fingerprint density at radius 2 is 1.89 bits per heavy atom. The Hall–Kier alpha value is -2.29. The van der Waals surface area contributed by atoms with Gasteiger partial charge in [-0.2, -0.15) is 0 Å². The summed E-state index contributed by atoms with van der Waals surface area (Å²) >= 11 is 0. The summed E-state index contributed by atoms with van der Waals surface area (Å²) in [5.41, 5.74) is 2.12. The summed E-state index contributed by atoms with van der Waals surface area (Å²) < 4.78 is 11.8. The first-order valence-corrected chi connectivity index (χ1v) is 10.0. The van der Waals surface area contributed by atoms with Crippen LogP contribution in [0.2, 0.25) is 0 Å². The van der Waals surface area contributed by atoms with Gasteiger partial charge in [0.15, 0.2) is 0 Å². The van der Waals surface area contributed by atoms with Crippen LogP contribution >= 0.6 is 0 Å². The van der Waals surface area contributed by atoms with E-state index in [1.807, 2.05) is 30.4 Å². The average Bonchev–Trinajstić information content (AvgIpc) is 2.62. The van der Waals surface area contributed by atoms with Crippen LogP contribution in [0.15, 0.2) is 36.4 Å². The van der Waals surface area contributed by atoms with E-state index in [2.05, 4.69) is 39.8 Å². The molecule has 3 rings (SSSR count). The van der Waals surface area contributed by atoms with Crippen molar-refractivity contribution in [3.8, 4) is 5.75 Å². The molecule has 0 amide bonds. The second-order valence-corrected chi connectivity index (χ2v) is 8.18. The van der Waals surface area contributed by atoms with Crippen molar-refractivity contribution in [2.75, 3.05) is 6.61 Å². The van der Waals surface area contributed by atoms with Gasteiger partial charge in [0.2, 0.25) is 0 Å². The normalized spacial score (nSPS) is 15.6. The van der Waals surface area contributed by atoms with Gasteiger partial charge in [-0.15, -0.1) is 0 Å². The zero-order chi connectivity index (χ0) is 19.4. The fraction of sp³-hybridized carbons (Fsp3) is 0.458. The van der Waals surface area contributed by atoms with E-state index in [9.17, 15) is 4.79 Å². The Labute approximate surface area is 162 Å². The average molecular weight is 367 g/mol. The summed E-state index contributed by atoms with van der Waals surface area (Å²) in [6.45, 7) is 9.31. The molecule has 0 bridgehead atoms. The van der Waals surface area contributed by atoms with Crippen molar-refractivity contribution in [3.63, 3.8) is 0 Å². The molecule has 0 heterocycles. The summed E-state index contributed by atoms with van der Waals surface area (Å²) in [6.07, 6.45) is 6.08. The molecular weight excluding hydrogens is 336 g/mol. The van der Waals surface area contributed by atoms with Crippen LogP contribution in [0.4, 0.5) is 0 Å². The highest BCUT2D eigenvalue weighted by atomic mass is 16.5. The van der Waals surface area contributed by atoms with Crippen LogP contribution in [0, 0.1) is 11.8 Å². The molecule has 0 aliphatic heterocycles. The third-order valence-electron chi connectivity index (χ3n) is 4.82. The molecule has 1 atom stereocenters. The summed E-state index contributed by atoms with van der Waals surface area (Å²) in [4.78, 5) is 12.3. The SMILES string of the molecule is CC(C)CCCC(=O)OC1C=Cc2c(OCC(C)C)ccc3cccc1c23. The molecular formula is C24H30O3. The summed E-state index contributed by atoms with van der Waals surface area (Å²) in [5, 5.41) is 2.27. The zero-order valence-electron chi connectivity index (χ0n) is 16.8. The smallest absolute Gasteiger partial charge is 0.306 e. The van der Waals surface area contributed by atoms with E-state index in [1.165, 1.54) is 0 Å². The number of ether oxygens (including phenoxy) is 2. The maximum atomic E-state index is 12.3. The molecule has 0 fully saturated rings. The highest BCUT2D eigenvalue weighted by Gasteiger charge is 2.23. The van der Waals surface area contributed by atoms with E-state index in [1.54, 1.807) is 0 Å². The van der Waals surface area contributed by atoms with E-state index in [0.717, 1.165) is 40.5 Å². The molecule has 0 N–H and O–H groups in total. The second-order valence-electron chi connectivity index (χ2n) is 8.18. The Morgan fingerprint density at radius 1 is 1.07 bits per heavy atom. The van der Waals surface area contributed by atoms with Crippen LogP contribution < -0.4 is 4.74 Å². The largest absolute Gasteiger partial charge is 0.493 e.